The van der Waals surface area contributed by atoms with Crippen LogP contribution in [0.3, 0.4) is 0 Å². The molecular weight excluding hydrogens is 188 g/mol. The molecule has 0 spiro atoms. The number of carboxylic acid groups (broad SMARTS) is 1. The van der Waals surface area contributed by atoms with E-state index in [1.165, 1.54) is 0 Å². The van der Waals surface area contributed by atoms with Crippen molar-refractivity contribution in [1.82, 2.24) is 0 Å². The van der Waals surface area contributed by atoms with Crippen LogP contribution in [0.4, 0.5) is 0 Å². The number of terminal acetylenes is 1. The third-order valence-corrected chi connectivity index (χ3v) is 2.27. The molecule has 0 aliphatic carbocycles. The first-order valence-corrected chi connectivity index (χ1v) is 4.45. The van der Waals surface area contributed by atoms with Gasteiger partial charge in [-0.05, 0) is 22.9 Å². The Kier molecular flexibility index (Phi) is 2.15. The molecule has 72 valence electrons. The van der Waals surface area contributed by atoms with Crippen molar-refractivity contribution in [3.8, 4) is 12.3 Å². The lowest BCUT2D eigenvalue weighted by molar-refractivity contribution is 0.0697. The minimum Gasteiger partial charge on any atom is -0.478 e. The molecule has 0 saturated carbocycles. The van der Waals surface area contributed by atoms with E-state index in [2.05, 4.69) is 5.92 Å². The summed E-state index contributed by atoms with van der Waals surface area (Å²) in [6.07, 6.45) is 5.27. The van der Waals surface area contributed by atoms with Crippen molar-refractivity contribution < 1.29 is 9.90 Å². The van der Waals surface area contributed by atoms with Gasteiger partial charge in [0.2, 0.25) is 0 Å². The molecule has 0 aliphatic rings. The number of hydrogen-bond donors (Lipinski definition) is 1. The Bertz CT molecular complexity index is 577. The number of fused-ring (bicyclic) bond motifs is 1. The van der Waals surface area contributed by atoms with Crippen LogP contribution in [0.25, 0.3) is 10.8 Å². The molecule has 2 heteroatoms. The molecule has 0 aromatic heterocycles. The minimum absolute atomic E-state index is 0.177. The highest BCUT2D eigenvalue weighted by Crippen LogP contribution is 2.19. The van der Waals surface area contributed by atoms with Gasteiger partial charge in [-0.25, -0.2) is 4.79 Å². The monoisotopic (exact) mass is 196 g/mol. The summed E-state index contributed by atoms with van der Waals surface area (Å²) in [7, 11) is 0. The number of benzene rings is 2. The zero-order valence-electron chi connectivity index (χ0n) is 7.90. The topological polar surface area (TPSA) is 37.3 Å². The number of carboxylic acids is 1. The number of aromatic carboxylic acids is 1. The molecule has 0 amide bonds. The van der Waals surface area contributed by atoms with Crippen LogP contribution in [0.15, 0.2) is 36.4 Å². The van der Waals surface area contributed by atoms with Gasteiger partial charge >= 0.3 is 5.97 Å². The quantitative estimate of drug-likeness (QED) is 0.711. The van der Waals surface area contributed by atoms with Gasteiger partial charge < -0.3 is 5.11 Å². The molecule has 0 unspecified atom stereocenters. The first-order valence-electron chi connectivity index (χ1n) is 4.45. The van der Waals surface area contributed by atoms with E-state index < -0.39 is 5.97 Å². The third kappa shape index (κ3) is 1.55. The summed E-state index contributed by atoms with van der Waals surface area (Å²) in [4.78, 5) is 10.9. The largest absolute Gasteiger partial charge is 0.478 e. The van der Waals surface area contributed by atoms with Crippen LogP contribution in [-0.2, 0) is 0 Å². The van der Waals surface area contributed by atoms with Gasteiger partial charge in [0.05, 0.1) is 5.56 Å². The molecule has 15 heavy (non-hydrogen) atoms. The zero-order valence-corrected chi connectivity index (χ0v) is 7.90. The molecule has 0 bridgehead atoms. The fourth-order valence-corrected chi connectivity index (χ4v) is 1.54. The Morgan fingerprint density at radius 3 is 2.33 bits per heavy atom. The number of carbonyl (C=O) groups is 1. The van der Waals surface area contributed by atoms with Crippen LogP contribution in [-0.4, -0.2) is 11.1 Å². The number of rotatable bonds is 1. The Balaban J connectivity index is 2.82. The summed E-state index contributed by atoms with van der Waals surface area (Å²) in [5, 5.41) is 10.8. The van der Waals surface area contributed by atoms with Crippen molar-refractivity contribution in [2.75, 3.05) is 0 Å². The van der Waals surface area contributed by atoms with Gasteiger partial charge in [0.1, 0.15) is 0 Å². The molecule has 0 heterocycles. The molecule has 0 atom stereocenters. The summed E-state index contributed by atoms with van der Waals surface area (Å²) < 4.78 is 0. The highest BCUT2D eigenvalue weighted by molar-refractivity contribution is 5.97. The molecule has 0 radical (unpaired) electrons. The van der Waals surface area contributed by atoms with Gasteiger partial charge in [-0.3, -0.25) is 0 Å². The normalized spacial score (nSPS) is 9.80. The summed E-state index contributed by atoms with van der Waals surface area (Å²) in [6.45, 7) is 0. The first-order chi connectivity index (χ1) is 7.22. The van der Waals surface area contributed by atoms with Crippen LogP contribution in [0.5, 0.6) is 0 Å². The Morgan fingerprint density at radius 2 is 1.80 bits per heavy atom. The van der Waals surface area contributed by atoms with Crippen molar-refractivity contribution >= 4 is 16.7 Å². The predicted molar refractivity (Wildman–Crippen MR) is 58.8 cm³/mol. The second-order valence-corrected chi connectivity index (χ2v) is 3.19. The maximum absolute atomic E-state index is 10.9. The average Bonchev–Trinajstić information content (AvgIpc) is 2.27. The summed E-state index contributed by atoms with van der Waals surface area (Å²) in [5.74, 6) is 1.40. The fraction of sp³-hybridized carbons (Fsp3) is 0. The van der Waals surface area contributed by atoms with Crippen molar-refractivity contribution in [2.45, 2.75) is 0 Å². The minimum atomic E-state index is -0.992. The second kappa shape index (κ2) is 3.47. The van der Waals surface area contributed by atoms with Crippen molar-refractivity contribution in [3.05, 3.63) is 47.5 Å². The lowest BCUT2D eigenvalue weighted by atomic mass is 10.0. The maximum atomic E-state index is 10.9. The summed E-state index contributed by atoms with van der Waals surface area (Å²) in [5.41, 5.74) is 0.595. The van der Waals surface area contributed by atoms with Crippen molar-refractivity contribution in [2.24, 2.45) is 0 Å². The fourth-order valence-electron chi connectivity index (χ4n) is 1.54. The van der Waals surface area contributed by atoms with Gasteiger partial charge in [0.25, 0.3) is 0 Å². The lowest BCUT2D eigenvalue weighted by Crippen LogP contribution is -1.99. The van der Waals surface area contributed by atoms with Crippen molar-refractivity contribution in [3.63, 3.8) is 0 Å². The molecule has 0 fully saturated rings. The number of hydrogen-bond acceptors (Lipinski definition) is 1. The SMILES string of the molecule is C#Cc1cc2ccccc2cc1C(=O)O. The summed E-state index contributed by atoms with van der Waals surface area (Å²) >= 11 is 0. The highest BCUT2D eigenvalue weighted by atomic mass is 16.4. The molecule has 2 aromatic rings. The molecule has 2 nitrogen and oxygen atoms in total. The van der Waals surface area contributed by atoms with E-state index in [0.717, 1.165) is 10.8 Å². The lowest BCUT2D eigenvalue weighted by Gasteiger charge is -2.02. The third-order valence-electron chi connectivity index (χ3n) is 2.27. The Morgan fingerprint density at radius 1 is 1.20 bits per heavy atom. The van der Waals surface area contributed by atoms with E-state index in [1.54, 1.807) is 12.1 Å². The van der Waals surface area contributed by atoms with Gasteiger partial charge in [-0.15, -0.1) is 6.42 Å². The highest BCUT2D eigenvalue weighted by Gasteiger charge is 2.09. The van der Waals surface area contributed by atoms with E-state index >= 15 is 0 Å². The van der Waals surface area contributed by atoms with Crippen LogP contribution in [0.1, 0.15) is 15.9 Å². The Hall–Kier alpha value is -2.27. The Labute approximate surface area is 87.2 Å². The van der Waals surface area contributed by atoms with Gasteiger partial charge in [0.15, 0.2) is 0 Å². The average molecular weight is 196 g/mol. The van der Waals surface area contributed by atoms with E-state index in [4.69, 9.17) is 11.5 Å². The van der Waals surface area contributed by atoms with E-state index in [1.807, 2.05) is 24.3 Å². The molecule has 0 saturated heterocycles. The smallest absolute Gasteiger partial charge is 0.336 e. The predicted octanol–water partition coefficient (Wildman–Crippen LogP) is 2.52. The van der Waals surface area contributed by atoms with Crippen LogP contribution < -0.4 is 0 Å². The van der Waals surface area contributed by atoms with E-state index in [0.29, 0.717) is 5.56 Å². The van der Waals surface area contributed by atoms with E-state index in [9.17, 15) is 4.79 Å². The van der Waals surface area contributed by atoms with E-state index in [-0.39, 0.29) is 5.56 Å². The molecular formula is C13H8O2. The molecule has 2 rings (SSSR count). The summed E-state index contributed by atoms with van der Waals surface area (Å²) in [6, 6.07) is 10.8. The van der Waals surface area contributed by atoms with Crippen molar-refractivity contribution in [1.29, 1.82) is 0 Å². The van der Waals surface area contributed by atoms with Crippen LogP contribution in [0, 0.1) is 12.3 Å². The maximum Gasteiger partial charge on any atom is 0.336 e. The van der Waals surface area contributed by atoms with Gasteiger partial charge in [-0.1, -0.05) is 30.2 Å². The van der Waals surface area contributed by atoms with Gasteiger partial charge in [0, 0.05) is 5.56 Å². The zero-order chi connectivity index (χ0) is 10.8. The van der Waals surface area contributed by atoms with Crippen LogP contribution >= 0.6 is 0 Å². The van der Waals surface area contributed by atoms with Gasteiger partial charge in [-0.2, -0.15) is 0 Å². The first kappa shape index (κ1) is 9.29. The second-order valence-electron chi connectivity index (χ2n) is 3.19. The molecule has 0 aliphatic heterocycles. The molecule has 1 N–H and O–H groups in total. The molecule has 2 aromatic carbocycles. The van der Waals surface area contributed by atoms with Crippen LogP contribution in [0.2, 0.25) is 0 Å². The standard InChI is InChI=1S/C13H8O2/c1-2-9-7-10-5-3-4-6-11(10)8-12(9)13(14)15/h1,3-8H,(H,14,15).